The van der Waals surface area contributed by atoms with Crippen LogP contribution in [0.25, 0.3) is 10.9 Å². The Bertz CT molecular complexity index is 1080. The molecule has 0 aliphatic carbocycles. The molecular weight excluding hydrogens is 374 g/mol. The maximum Gasteiger partial charge on any atom is 0.250 e. The van der Waals surface area contributed by atoms with E-state index in [9.17, 15) is 9.59 Å². The summed E-state index contributed by atoms with van der Waals surface area (Å²) in [5, 5.41) is 0.912. The summed E-state index contributed by atoms with van der Waals surface area (Å²) in [7, 11) is 0. The molecule has 30 heavy (non-hydrogen) atoms. The number of aryl methyl sites for hydroxylation is 1. The summed E-state index contributed by atoms with van der Waals surface area (Å²) in [6, 6.07) is 17.7. The second-order valence-corrected chi connectivity index (χ2v) is 8.21. The number of aromatic nitrogens is 1. The number of nitrogens with zero attached hydrogens (tertiary/aromatic N) is 2. The molecule has 0 bridgehead atoms. The van der Waals surface area contributed by atoms with Crippen LogP contribution in [0.2, 0.25) is 0 Å². The number of likely N-dealkylation sites (tertiary alicyclic amines) is 1. The number of nitrogens with two attached hydrogens (primary N) is 1. The van der Waals surface area contributed by atoms with Gasteiger partial charge < -0.3 is 10.6 Å². The number of piperidine rings is 1. The lowest BCUT2D eigenvalue weighted by Crippen LogP contribution is -2.40. The van der Waals surface area contributed by atoms with Gasteiger partial charge in [0.2, 0.25) is 5.91 Å². The number of benzene rings is 2. The molecule has 2 N–H and O–H groups in total. The van der Waals surface area contributed by atoms with Crippen molar-refractivity contribution in [1.29, 1.82) is 0 Å². The molecule has 1 aromatic heterocycles. The normalized spacial score (nSPS) is 15.9. The Morgan fingerprint density at radius 1 is 1.07 bits per heavy atom. The molecule has 2 aromatic carbocycles. The Labute approximate surface area is 176 Å². The Balaban J connectivity index is 1.50. The zero-order valence-electron chi connectivity index (χ0n) is 17.5. The highest BCUT2D eigenvalue weighted by Crippen LogP contribution is 2.32. The van der Waals surface area contributed by atoms with Crippen LogP contribution in [0, 0.1) is 6.92 Å². The summed E-state index contributed by atoms with van der Waals surface area (Å²) < 4.78 is 0. The van der Waals surface area contributed by atoms with E-state index >= 15 is 0 Å². The van der Waals surface area contributed by atoms with Crippen molar-refractivity contribution in [1.82, 2.24) is 9.88 Å². The first-order valence-electron chi connectivity index (χ1n) is 10.5. The third-order valence-corrected chi connectivity index (χ3v) is 6.16. The molecule has 0 spiro atoms. The number of fused-ring (bicyclic) bond motifs is 1. The largest absolute Gasteiger partial charge is 0.366 e. The summed E-state index contributed by atoms with van der Waals surface area (Å²) in [4.78, 5) is 31.8. The first-order chi connectivity index (χ1) is 14.4. The van der Waals surface area contributed by atoms with E-state index in [2.05, 4.69) is 0 Å². The summed E-state index contributed by atoms with van der Waals surface area (Å²) in [6.07, 6.45) is 1.55. The first kappa shape index (κ1) is 20.1. The van der Waals surface area contributed by atoms with Gasteiger partial charge in [0.1, 0.15) is 0 Å². The predicted molar refractivity (Wildman–Crippen MR) is 118 cm³/mol. The van der Waals surface area contributed by atoms with Crippen LogP contribution in [0.15, 0.2) is 54.6 Å². The van der Waals surface area contributed by atoms with Crippen LogP contribution in [0.1, 0.15) is 58.8 Å². The lowest BCUT2D eigenvalue weighted by atomic mass is 9.88. The minimum atomic E-state index is -0.449. The van der Waals surface area contributed by atoms with Crippen LogP contribution >= 0.6 is 0 Å². The van der Waals surface area contributed by atoms with Gasteiger partial charge >= 0.3 is 0 Å². The van der Waals surface area contributed by atoms with E-state index in [0.29, 0.717) is 18.7 Å². The van der Waals surface area contributed by atoms with Crippen molar-refractivity contribution in [2.24, 2.45) is 5.73 Å². The van der Waals surface area contributed by atoms with Crippen LogP contribution in [0.5, 0.6) is 0 Å². The van der Waals surface area contributed by atoms with E-state index in [1.54, 1.807) is 0 Å². The molecule has 4 rings (SSSR count). The number of rotatable bonds is 4. The lowest BCUT2D eigenvalue weighted by molar-refractivity contribution is -0.133. The molecule has 1 aliphatic rings. The monoisotopic (exact) mass is 401 g/mol. The number of carbonyl (C=O) groups excluding carboxylic acids is 2. The highest BCUT2D eigenvalue weighted by molar-refractivity contribution is 5.97. The predicted octanol–water partition coefficient (Wildman–Crippen LogP) is 4.15. The molecule has 0 unspecified atom stereocenters. The molecule has 0 radical (unpaired) electrons. The average Bonchev–Trinajstić information content (AvgIpc) is 2.78. The average molecular weight is 402 g/mol. The number of carbonyl (C=O) groups is 2. The third kappa shape index (κ3) is 3.92. The molecule has 3 aromatic rings. The molecule has 5 nitrogen and oxygen atoms in total. The van der Waals surface area contributed by atoms with E-state index in [-0.39, 0.29) is 17.7 Å². The van der Waals surface area contributed by atoms with E-state index in [4.69, 9.17) is 10.7 Å². The maximum absolute atomic E-state index is 13.0. The van der Waals surface area contributed by atoms with Crippen molar-refractivity contribution in [3.05, 3.63) is 77.0 Å². The quantitative estimate of drug-likeness (QED) is 0.713. The van der Waals surface area contributed by atoms with Crippen LogP contribution in [-0.4, -0.2) is 34.8 Å². The van der Waals surface area contributed by atoms with E-state index in [1.165, 1.54) is 5.56 Å². The minimum absolute atomic E-state index is 0.121. The number of hydrogen-bond donors (Lipinski definition) is 1. The van der Waals surface area contributed by atoms with Gasteiger partial charge in [0.25, 0.3) is 5.91 Å². The molecule has 2 heterocycles. The highest BCUT2D eigenvalue weighted by Gasteiger charge is 2.30. The molecule has 154 valence electrons. The molecule has 1 saturated heterocycles. The summed E-state index contributed by atoms with van der Waals surface area (Å²) in [6.45, 7) is 5.33. The smallest absolute Gasteiger partial charge is 0.250 e. The van der Waals surface area contributed by atoms with Crippen molar-refractivity contribution in [3.8, 4) is 0 Å². The Morgan fingerprint density at radius 3 is 2.40 bits per heavy atom. The van der Waals surface area contributed by atoms with Crippen molar-refractivity contribution >= 4 is 22.7 Å². The van der Waals surface area contributed by atoms with Crippen LogP contribution in [0.3, 0.4) is 0 Å². The topological polar surface area (TPSA) is 76.3 Å². The van der Waals surface area contributed by atoms with E-state index < -0.39 is 5.91 Å². The van der Waals surface area contributed by atoms with Crippen LogP contribution in [0.4, 0.5) is 0 Å². The maximum atomic E-state index is 13.0. The standard InChI is InChI=1S/C25H27N3O2/c1-16-7-9-18(10-8-16)17(2)25(30)28-13-11-19(12-14-28)23-21(24(26)29)15-20-5-3-4-6-22(20)27-23/h3-10,15,17,19H,11-14H2,1-2H3,(H2,26,29)/t17-/m0/s1. The zero-order chi connectivity index (χ0) is 21.3. The number of primary amides is 1. The first-order valence-corrected chi connectivity index (χ1v) is 10.5. The fourth-order valence-electron chi connectivity index (χ4n) is 4.28. The van der Waals surface area contributed by atoms with Gasteiger partial charge in [-0.1, -0.05) is 48.0 Å². The second-order valence-electron chi connectivity index (χ2n) is 8.21. The summed E-state index contributed by atoms with van der Waals surface area (Å²) >= 11 is 0. The van der Waals surface area contributed by atoms with Gasteiger partial charge in [-0.25, -0.2) is 0 Å². The van der Waals surface area contributed by atoms with Crippen molar-refractivity contribution < 1.29 is 9.59 Å². The summed E-state index contributed by atoms with van der Waals surface area (Å²) in [5.74, 6) is -0.341. The number of pyridine rings is 1. The molecule has 0 saturated carbocycles. The fraction of sp³-hybridized carbons (Fsp3) is 0.320. The van der Waals surface area contributed by atoms with Crippen molar-refractivity contribution in [3.63, 3.8) is 0 Å². The van der Waals surface area contributed by atoms with Crippen LogP contribution < -0.4 is 5.73 Å². The van der Waals surface area contributed by atoms with Gasteiger partial charge in [0.15, 0.2) is 0 Å². The number of amides is 2. The van der Waals surface area contributed by atoms with Gasteiger partial charge in [-0.2, -0.15) is 0 Å². The van der Waals surface area contributed by atoms with E-state index in [1.807, 2.05) is 73.3 Å². The fourth-order valence-corrected chi connectivity index (χ4v) is 4.28. The number of hydrogen-bond acceptors (Lipinski definition) is 3. The van der Waals surface area contributed by atoms with Gasteiger partial charge in [-0.3, -0.25) is 14.6 Å². The highest BCUT2D eigenvalue weighted by atomic mass is 16.2. The second kappa shape index (κ2) is 8.27. The van der Waals surface area contributed by atoms with Gasteiger partial charge in [-0.15, -0.1) is 0 Å². The van der Waals surface area contributed by atoms with E-state index in [0.717, 1.165) is 35.0 Å². The zero-order valence-corrected chi connectivity index (χ0v) is 17.5. The molecule has 1 atom stereocenters. The Morgan fingerprint density at radius 2 is 1.73 bits per heavy atom. The van der Waals surface area contributed by atoms with Crippen molar-refractivity contribution in [2.75, 3.05) is 13.1 Å². The van der Waals surface area contributed by atoms with Crippen LogP contribution in [-0.2, 0) is 4.79 Å². The van der Waals surface area contributed by atoms with Gasteiger partial charge in [-0.05, 0) is 44.4 Å². The number of para-hydroxylation sites is 1. The summed E-state index contributed by atoms with van der Waals surface area (Å²) in [5.41, 5.74) is 10.0. The molecular formula is C25H27N3O2. The Kier molecular flexibility index (Phi) is 5.53. The Hall–Kier alpha value is -3.21. The minimum Gasteiger partial charge on any atom is -0.366 e. The third-order valence-electron chi connectivity index (χ3n) is 6.16. The van der Waals surface area contributed by atoms with Crippen molar-refractivity contribution in [2.45, 2.75) is 38.5 Å². The molecule has 2 amide bonds. The molecule has 1 aliphatic heterocycles. The van der Waals surface area contributed by atoms with Gasteiger partial charge in [0.05, 0.1) is 22.7 Å². The van der Waals surface area contributed by atoms with Gasteiger partial charge in [0, 0.05) is 24.4 Å². The molecule has 5 heteroatoms. The molecule has 1 fully saturated rings. The lowest BCUT2D eigenvalue weighted by Gasteiger charge is -2.34. The SMILES string of the molecule is Cc1ccc([C@H](C)C(=O)N2CCC(c3nc4ccccc4cc3C(N)=O)CC2)cc1.